The number of aromatic nitrogens is 2. The maximum atomic E-state index is 4.72. The van der Waals surface area contributed by atoms with E-state index < -0.39 is 0 Å². The fourth-order valence-electron chi connectivity index (χ4n) is 3.12. The molecule has 0 aromatic carbocycles. The second kappa shape index (κ2) is 5.89. The largest absolute Gasteiger partial charge is 0.373 e. The number of anilines is 1. The Morgan fingerprint density at radius 1 is 1.05 bits per heavy atom. The molecule has 1 aromatic heterocycles. The van der Waals surface area contributed by atoms with Crippen molar-refractivity contribution in [2.75, 3.05) is 12.4 Å². The van der Waals surface area contributed by atoms with Crippen LogP contribution < -0.4 is 5.32 Å². The maximum Gasteiger partial charge on any atom is 0.134 e. The second-order valence-electron chi connectivity index (χ2n) is 6.25. The third-order valence-corrected chi connectivity index (χ3v) is 4.72. The topological polar surface area (TPSA) is 37.8 Å². The number of nitrogens with one attached hydrogen (secondary N) is 1. The van der Waals surface area contributed by atoms with Crippen LogP contribution in [0.5, 0.6) is 0 Å². The van der Waals surface area contributed by atoms with Crippen LogP contribution in [0.4, 0.5) is 5.82 Å². The van der Waals surface area contributed by atoms with Crippen LogP contribution >= 0.6 is 0 Å². The highest BCUT2D eigenvalue weighted by atomic mass is 15.0. The average molecular weight is 261 g/mol. The summed E-state index contributed by atoms with van der Waals surface area (Å²) in [6.07, 6.45) is 5.14. The Kier molecular flexibility index (Phi) is 4.43. The van der Waals surface area contributed by atoms with E-state index in [-0.39, 0.29) is 0 Å². The van der Waals surface area contributed by atoms with Crippen molar-refractivity contribution in [2.24, 2.45) is 11.8 Å². The molecule has 0 bridgehead atoms. The Balaban J connectivity index is 2.13. The lowest BCUT2D eigenvalue weighted by atomic mass is 9.76. The summed E-state index contributed by atoms with van der Waals surface area (Å²) in [4.78, 5) is 9.45. The highest BCUT2D eigenvalue weighted by molar-refractivity contribution is 5.45. The van der Waals surface area contributed by atoms with E-state index in [4.69, 9.17) is 9.97 Å². The first-order valence-corrected chi connectivity index (χ1v) is 7.55. The minimum absolute atomic E-state index is 0.557. The minimum Gasteiger partial charge on any atom is -0.373 e. The predicted molar refractivity (Wildman–Crippen MR) is 80.6 cm³/mol. The van der Waals surface area contributed by atoms with E-state index in [0.717, 1.165) is 29.2 Å². The van der Waals surface area contributed by atoms with Gasteiger partial charge in [-0.15, -0.1) is 0 Å². The summed E-state index contributed by atoms with van der Waals surface area (Å²) >= 11 is 0. The third kappa shape index (κ3) is 3.07. The van der Waals surface area contributed by atoms with Gasteiger partial charge >= 0.3 is 0 Å². The summed E-state index contributed by atoms with van der Waals surface area (Å²) in [6.45, 7) is 8.86. The fourth-order valence-corrected chi connectivity index (χ4v) is 3.12. The van der Waals surface area contributed by atoms with Gasteiger partial charge in [0.05, 0.1) is 0 Å². The van der Waals surface area contributed by atoms with Crippen LogP contribution in [-0.2, 0) is 0 Å². The van der Waals surface area contributed by atoms with Crippen molar-refractivity contribution < 1.29 is 0 Å². The summed E-state index contributed by atoms with van der Waals surface area (Å²) in [7, 11) is 1.94. The zero-order valence-corrected chi connectivity index (χ0v) is 13.0. The molecule has 0 atom stereocenters. The molecule has 106 valence electrons. The standard InChI is InChI=1S/C16H27N3/c1-10(2)13-6-8-14(9-7-13)16-18-12(4)11(3)15(17-5)19-16/h10,13-14H,6-9H2,1-5H3,(H,17,18,19). The highest BCUT2D eigenvalue weighted by Crippen LogP contribution is 2.37. The molecule has 1 aliphatic rings. The SMILES string of the molecule is CNc1nc(C2CCC(C(C)C)CC2)nc(C)c1C. The van der Waals surface area contributed by atoms with Gasteiger partial charge in [0, 0.05) is 24.2 Å². The molecule has 0 spiro atoms. The van der Waals surface area contributed by atoms with Crippen molar-refractivity contribution in [1.82, 2.24) is 9.97 Å². The summed E-state index contributed by atoms with van der Waals surface area (Å²) in [5.74, 6) is 4.31. The number of rotatable bonds is 3. The van der Waals surface area contributed by atoms with Gasteiger partial charge in [-0.2, -0.15) is 0 Å². The van der Waals surface area contributed by atoms with Crippen LogP contribution in [0.3, 0.4) is 0 Å². The molecule has 1 saturated carbocycles. The third-order valence-electron chi connectivity index (χ3n) is 4.72. The number of hydrogen-bond acceptors (Lipinski definition) is 3. The van der Waals surface area contributed by atoms with Crippen molar-refractivity contribution >= 4 is 5.82 Å². The van der Waals surface area contributed by atoms with Gasteiger partial charge in [0.1, 0.15) is 11.6 Å². The van der Waals surface area contributed by atoms with E-state index >= 15 is 0 Å². The van der Waals surface area contributed by atoms with Gasteiger partial charge in [-0.3, -0.25) is 0 Å². The Morgan fingerprint density at radius 3 is 2.21 bits per heavy atom. The molecule has 1 N–H and O–H groups in total. The lowest BCUT2D eigenvalue weighted by Gasteiger charge is -2.30. The van der Waals surface area contributed by atoms with Crippen molar-refractivity contribution in [3.8, 4) is 0 Å². The normalized spacial score (nSPS) is 23.7. The fraction of sp³-hybridized carbons (Fsp3) is 0.750. The van der Waals surface area contributed by atoms with Gasteiger partial charge in [-0.1, -0.05) is 13.8 Å². The Hall–Kier alpha value is -1.12. The molecule has 3 heteroatoms. The first-order valence-electron chi connectivity index (χ1n) is 7.55. The lowest BCUT2D eigenvalue weighted by Crippen LogP contribution is -2.19. The van der Waals surface area contributed by atoms with E-state index in [1.54, 1.807) is 0 Å². The molecular weight excluding hydrogens is 234 g/mol. The Bertz CT molecular complexity index is 432. The molecule has 2 rings (SSSR count). The molecule has 1 aromatic rings. The summed E-state index contributed by atoms with van der Waals surface area (Å²) in [5, 5.41) is 3.19. The van der Waals surface area contributed by atoms with Crippen molar-refractivity contribution in [3.63, 3.8) is 0 Å². The zero-order chi connectivity index (χ0) is 14.0. The number of nitrogens with zero attached hydrogens (tertiary/aromatic N) is 2. The van der Waals surface area contributed by atoms with Crippen LogP contribution in [0, 0.1) is 25.7 Å². The summed E-state index contributed by atoms with van der Waals surface area (Å²) in [6, 6.07) is 0. The monoisotopic (exact) mass is 261 g/mol. The van der Waals surface area contributed by atoms with Gasteiger partial charge in [0.2, 0.25) is 0 Å². The van der Waals surface area contributed by atoms with E-state index in [0.29, 0.717) is 5.92 Å². The molecule has 0 aliphatic heterocycles. The van der Waals surface area contributed by atoms with Crippen molar-refractivity contribution in [1.29, 1.82) is 0 Å². The smallest absolute Gasteiger partial charge is 0.134 e. The quantitative estimate of drug-likeness (QED) is 0.891. The van der Waals surface area contributed by atoms with Gasteiger partial charge in [0.15, 0.2) is 0 Å². The molecule has 3 nitrogen and oxygen atoms in total. The molecule has 1 aliphatic carbocycles. The lowest BCUT2D eigenvalue weighted by molar-refractivity contribution is 0.254. The molecule has 0 radical (unpaired) electrons. The first-order chi connectivity index (χ1) is 9.02. The highest BCUT2D eigenvalue weighted by Gasteiger charge is 2.26. The van der Waals surface area contributed by atoms with Gasteiger partial charge in [-0.25, -0.2) is 9.97 Å². The first kappa shape index (κ1) is 14.3. The van der Waals surface area contributed by atoms with Crippen LogP contribution in [-0.4, -0.2) is 17.0 Å². The number of hydrogen-bond donors (Lipinski definition) is 1. The zero-order valence-electron chi connectivity index (χ0n) is 13.0. The summed E-state index contributed by atoms with van der Waals surface area (Å²) in [5.41, 5.74) is 2.28. The van der Waals surface area contributed by atoms with Crippen LogP contribution in [0.1, 0.15) is 62.5 Å². The molecule has 0 saturated heterocycles. The molecule has 1 fully saturated rings. The van der Waals surface area contributed by atoms with E-state index in [2.05, 4.69) is 33.0 Å². The van der Waals surface area contributed by atoms with Crippen LogP contribution in [0.15, 0.2) is 0 Å². The van der Waals surface area contributed by atoms with E-state index in [1.165, 1.54) is 31.2 Å². The van der Waals surface area contributed by atoms with E-state index in [9.17, 15) is 0 Å². The van der Waals surface area contributed by atoms with Gasteiger partial charge in [0.25, 0.3) is 0 Å². The number of aryl methyl sites for hydroxylation is 1. The minimum atomic E-state index is 0.557. The summed E-state index contributed by atoms with van der Waals surface area (Å²) < 4.78 is 0. The van der Waals surface area contributed by atoms with Crippen molar-refractivity contribution in [3.05, 3.63) is 17.1 Å². The second-order valence-corrected chi connectivity index (χ2v) is 6.25. The molecule has 0 unspecified atom stereocenters. The average Bonchev–Trinajstić information content (AvgIpc) is 2.41. The predicted octanol–water partition coefficient (Wildman–Crippen LogP) is 4.06. The van der Waals surface area contributed by atoms with Crippen molar-refractivity contribution in [2.45, 2.75) is 59.3 Å². The molecule has 0 amide bonds. The molecular formula is C16H27N3. The van der Waals surface area contributed by atoms with Gasteiger partial charge < -0.3 is 5.32 Å². The molecule has 19 heavy (non-hydrogen) atoms. The van der Waals surface area contributed by atoms with Crippen LogP contribution in [0.2, 0.25) is 0 Å². The van der Waals surface area contributed by atoms with E-state index in [1.807, 2.05) is 7.05 Å². The van der Waals surface area contributed by atoms with Gasteiger partial charge in [-0.05, 0) is 51.4 Å². The Morgan fingerprint density at radius 2 is 1.68 bits per heavy atom. The maximum absolute atomic E-state index is 4.72. The molecule has 1 heterocycles. The van der Waals surface area contributed by atoms with Crippen LogP contribution in [0.25, 0.3) is 0 Å². The Labute approximate surface area is 117 Å².